The minimum absolute atomic E-state index is 0.0328. The van der Waals surface area contributed by atoms with Gasteiger partial charge in [0.25, 0.3) is 11.5 Å². The summed E-state index contributed by atoms with van der Waals surface area (Å²) >= 11 is 0. The average molecular weight is 421 g/mol. The number of hydrogen-bond donors (Lipinski definition) is 1. The number of nitrogens with zero attached hydrogens (tertiary/aromatic N) is 2. The first-order chi connectivity index (χ1) is 13.7. The number of esters is 1. The number of benzene rings is 1. The van der Waals surface area contributed by atoms with Crippen LogP contribution in [0.4, 0.5) is 0 Å². The van der Waals surface area contributed by atoms with Crippen LogP contribution in [0.1, 0.15) is 30.8 Å². The maximum absolute atomic E-state index is 12.6. The van der Waals surface area contributed by atoms with Crippen LogP contribution in [0.25, 0.3) is 10.8 Å². The summed E-state index contributed by atoms with van der Waals surface area (Å²) in [7, 11) is -3.12. The molecule has 10 heteroatoms. The third kappa shape index (κ3) is 5.00. The highest BCUT2D eigenvalue weighted by atomic mass is 32.2. The van der Waals surface area contributed by atoms with Gasteiger partial charge in [-0.05, 0) is 18.4 Å². The van der Waals surface area contributed by atoms with Gasteiger partial charge in [0, 0.05) is 18.0 Å². The maximum atomic E-state index is 12.6. The number of carbonyl (C=O) groups is 2. The van der Waals surface area contributed by atoms with Crippen molar-refractivity contribution in [2.45, 2.75) is 32.9 Å². The van der Waals surface area contributed by atoms with E-state index in [9.17, 15) is 22.8 Å². The summed E-state index contributed by atoms with van der Waals surface area (Å²) in [4.78, 5) is 37.2. The molecule has 1 amide bonds. The second-order valence-corrected chi connectivity index (χ2v) is 9.75. The molecule has 1 aliphatic heterocycles. The largest absolute Gasteiger partial charge is 0.451 e. The Morgan fingerprint density at radius 1 is 1.28 bits per heavy atom. The Hall–Kier alpha value is -2.75. The van der Waals surface area contributed by atoms with Gasteiger partial charge in [0.1, 0.15) is 0 Å². The first-order valence-corrected chi connectivity index (χ1v) is 11.1. The van der Waals surface area contributed by atoms with Crippen LogP contribution in [0, 0.1) is 5.92 Å². The summed E-state index contributed by atoms with van der Waals surface area (Å²) in [6.45, 7) is 3.62. The van der Waals surface area contributed by atoms with Crippen LogP contribution in [0.2, 0.25) is 0 Å². The number of ether oxygens (including phenoxy) is 1. The Balaban J connectivity index is 1.75. The van der Waals surface area contributed by atoms with E-state index in [-0.39, 0.29) is 28.7 Å². The highest BCUT2D eigenvalue weighted by Gasteiger charge is 2.29. The lowest BCUT2D eigenvalue weighted by atomic mass is 10.1. The summed E-state index contributed by atoms with van der Waals surface area (Å²) in [5.74, 6) is -1.35. The molecule has 29 heavy (non-hydrogen) atoms. The van der Waals surface area contributed by atoms with Crippen molar-refractivity contribution in [2.75, 3.05) is 18.1 Å². The molecule has 2 aromatic rings. The van der Waals surface area contributed by atoms with Crippen LogP contribution in [0.15, 0.2) is 29.1 Å². The number of hydrogen-bond acceptors (Lipinski definition) is 7. The van der Waals surface area contributed by atoms with Gasteiger partial charge in [0.15, 0.2) is 22.1 Å². The van der Waals surface area contributed by atoms with Crippen molar-refractivity contribution in [2.24, 2.45) is 5.92 Å². The lowest BCUT2D eigenvalue weighted by molar-refractivity contribution is -0.124. The molecule has 3 rings (SSSR count). The maximum Gasteiger partial charge on any atom is 0.359 e. The Morgan fingerprint density at radius 3 is 2.59 bits per heavy atom. The van der Waals surface area contributed by atoms with Gasteiger partial charge < -0.3 is 10.1 Å². The van der Waals surface area contributed by atoms with Gasteiger partial charge in [-0.1, -0.05) is 32.0 Å². The van der Waals surface area contributed by atoms with E-state index in [1.165, 1.54) is 4.68 Å². The fourth-order valence-electron chi connectivity index (χ4n) is 3.23. The molecular weight excluding hydrogens is 398 g/mol. The number of fused-ring (bicyclic) bond motifs is 1. The Kier molecular flexibility index (Phi) is 6.02. The quantitative estimate of drug-likeness (QED) is 0.674. The highest BCUT2D eigenvalue weighted by Crippen LogP contribution is 2.15. The molecule has 1 aliphatic rings. The predicted octanol–water partition coefficient (Wildman–Crippen LogP) is 0.513. The first-order valence-electron chi connectivity index (χ1n) is 9.33. The van der Waals surface area contributed by atoms with E-state index in [4.69, 9.17) is 4.74 Å². The third-order valence-electron chi connectivity index (χ3n) is 4.53. The van der Waals surface area contributed by atoms with Crippen molar-refractivity contribution in [3.63, 3.8) is 0 Å². The van der Waals surface area contributed by atoms with Gasteiger partial charge in [-0.25, -0.2) is 17.9 Å². The molecule has 1 N–H and O–H groups in total. The van der Waals surface area contributed by atoms with Gasteiger partial charge in [-0.3, -0.25) is 9.59 Å². The molecule has 0 saturated carbocycles. The van der Waals surface area contributed by atoms with Crippen LogP contribution in [-0.4, -0.2) is 54.2 Å². The molecule has 1 saturated heterocycles. The number of carbonyl (C=O) groups excluding carboxylic acids is 2. The molecule has 9 nitrogen and oxygen atoms in total. The number of sulfone groups is 1. The van der Waals surface area contributed by atoms with Crippen molar-refractivity contribution >= 4 is 32.5 Å². The van der Waals surface area contributed by atoms with E-state index in [0.717, 1.165) is 0 Å². The highest BCUT2D eigenvalue weighted by molar-refractivity contribution is 7.91. The normalized spacial score (nSPS) is 18.1. The Labute approximate surface area is 168 Å². The van der Waals surface area contributed by atoms with Gasteiger partial charge in [-0.15, -0.1) is 0 Å². The van der Waals surface area contributed by atoms with Gasteiger partial charge in [-0.2, -0.15) is 5.10 Å². The Morgan fingerprint density at radius 2 is 1.97 bits per heavy atom. The predicted molar refractivity (Wildman–Crippen MR) is 106 cm³/mol. The number of nitrogens with one attached hydrogen (secondary N) is 1. The molecule has 0 radical (unpaired) electrons. The molecule has 156 valence electrons. The minimum Gasteiger partial charge on any atom is -0.451 e. The van der Waals surface area contributed by atoms with E-state index in [1.54, 1.807) is 24.3 Å². The molecule has 1 aromatic heterocycles. The van der Waals surface area contributed by atoms with E-state index < -0.39 is 34.4 Å². The third-order valence-corrected chi connectivity index (χ3v) is 6.30. The molecule has 1 aromatic carbocycles. The summed E-state index contributed by atoms with van der Waals surface area (Å²) in [6.07, 6.45) is 0.342. The zero-order valence-corrected chi connectivity index (χ0v) is 17.1. The molecule has 2 heterocycles. The Bertz CT molecular complexity index is 1110. The van der Waals surface area contributed by atoms with Crippen molar-refractivity contribution in [1.29, 1.82) is 0 Å². The number of rotatable bonds is 6. The molecule has 0 unspecified atom stereocenters. The molecular formula is C19H23N3O6S. The summed E-state index contributed by atoms with van der Waals surface area (Å²) in [5, 5.41) is 7.41. The van der Waals surface area contributed by atoms with Crippen LogP contribution in [0.5, 0.6) is 0 Å². The lowest BCUT2D eigenvalue weighted by Gasteiger charge is -2.13. The fraction of sp³-hybridized carbons (Fsp3) is 0.474. The second-order valence-electron chi connectivity index (χ2n) is 7.52. The van der Waals surface area contributed by atoms with E-state index in [1.807, 2.05) is 13.8 Å². The molecule has 1 atom stereocenters. The number of aromatic nitrogens is 2. The van der Waals surface area contributed by atoms with Crippen molar-refractivity contribution < 1.29 is 22.7 Å². The van der Waals surface area contributed by atoms with Crippen LogP contribution < -0.4 is 10.9 Å². The molecule has 0 bridgehead atoms. The van der Waals surface area contributed by atoms with Crippen molar-refractivity contribution in [3.8, 4) is 0 Å². The summed E-state index contributed by atoms with van der Waals surface area (Å²) < 4.78 is 29.2. The summed E-state index contributed by atoms with van der Waals surface area (Å²) in [5.41, 5.74) is -0.344. The van der Waals surface area contributed by atoms with Gasteiger partial charge in [0.05, 0.1) is 16.9 Å². The lowest BCUT2D eigenvalue weighted by Crippen LogP contribution is -2.38. The minimum atomic E-state index is -3.12. The topological polar surface area (TPSA) is 124 Å². The van der Waals surface area contributed by atoms with E-state index >= 15 is 0 Å². The van der Waals surface area contributed by atoms with Crippen molar-refractivity contribution in [1.82, 2.24) is 15.1 Å². The standard InChI is InChI=1S/C19H23N3O6S/c1-12(2)9-22-18(24)15-6-4-3-5-14(15)17(21-22)19(25)28-10-16(23)20-13-7-8-29(26,27)11-13/h3-6,12-13H,7-11H2,1-2H3,(H,20,23)/t13-/m1/s1. The zero-order valence-electron chi connectivity index (χ0n) is 16.3. The SMILES string of the molecule is CC(C)Cn1nc(C(=O)OCC(=O)N[C@@H]2CCS(=O)(=O)C2)c2ccccc2c1=O. The van der Waals surface area contributed by atoms with Crippen LogP contribution >= 0.6 is 0 Å². The molecule has 1 fully saturated rings. The average Bonchev–Trinajstić information content (AvgIpc) is 3.00. The monoisotopic (exact) mass is 421 g/mol. The summed E-state index contributed by atoms with van der Waals surface area (Å²) in [6, 6.07) is 6.11. The molecule has 0 aliphatic carbocycles. The van der Waals surface area contributed by atoms with Crippen LogP contribution in [0.3, 0.4) is 0 Å². The first kappa shape index (κ1) is 21.0. The second kappa shape index (κ2) is 8.32. The molecule has 0 spiro atoms. The fourth-order valence-corrected chi connectivity index (χ4v) is 4.91. The van der Waals surface area contributed by atoms with E-state index in [2.05, 4.69) is 10.4 Å². The smallest absolute Gasteiger partial charge is 0.359 e. The van der Waals surface area contributed by atoms with Gasteiger partial charge >= 0.3 is 5.97 Å². The van der Waals surface area contributed by atoms with Gasteiger partial charge in [0.2, 0.25) is 0 Å². The van der Waals surface area contributed by atoms with E-state index in [0.29, 0.717) is 23.7 Å². The van der Waals surface area contributed by atoms with Crippen molar-refractivity contribution in [3.05, 3.63) is 40.3 Å². The zero-order chi connectivity index (χ0) is 21.2. The van der Waals surface area contributed by atoms with Crippen LogP contribution in [-0.2, 0) is 25.9 Å². The number of amides is 1.